The summed E-state index contributed by atoms with van der Waals surface area (Å²) in [5.41, 5.74) is 2.83. The minimum Gasteiger partial charge on any atom is -0.492 e. The summed E-state index contributed by atoms with van der Waals surface area (Å²) in [5.74, 6) is 0.272. The molecule has 0 spiro atoms. The Bertz CT molecular complexity index is 895. The third-order valence-electron chi connectivity index (χ3n) is 3.52. The van der Waals surface area contributed by atoms with Gasteiger partial charge in [0.25, 0.3) is 0 Å². The first-order valence-corrected chi connectivity index (χ1v) is 8.69. The molecule has 0 bridgehead atoms. The number of aromatic nitrogens is 2. The van der Waals surface area contributed by atoms with E-state index in [1.54, 1.807) is 22.8 Å². The minimum absolute atomic E-state index is 0.360. The van der Waals surface area contributed by atoms with E-state index < -0.39 is 5.97 Å². The Morgan fingerprint density at radius 3 is 2.83 bits per heavy atom. The van der Waals surface area contributed by atoms with Crippen LogP contribution in [0.25, 0.3) is 16.6 Å². The van der Waals surface area contributed by atoms with Gasteiger partial charge in [-0.25, -0.2) is 9.31 Å². The fourth-order valence-corrected chi connectivity index (χ4v) is 2.82. The van der Waals surface area contributed by atoms with Crippen LogP contribution < -0.4 is 4.74 Å². The molecule has 0 aliphatic carbocycles. The topological polar surface area (TPSA) is 52.8 Å². The summed E-state index contributed by atoms with van der Waals surface area (Å²) >= 11 is 9.52. The van der Waals surface area contributed by atoms with Crippen LogP contribution in [0, 0.1) is 0 Å². The molecule has 3 rings (SSSR count). The van der Waals surface area contributed by atoms with Crippen LogP contribution in [0.15, 0.2) is 42.6 Å². The van der Waals surface area contributed by atoms with E-state index >= 15 is 0 Å². The molecule has 0 N–H and O–H groups in total. The number of halogens is 2. The van der Waals surface area contributed by atoms with E-state index in [-0.39, 0.29) is 0 Å². The van der Waals surface area contributed by atoms with Crippen molar-refractivity contribution in [3.63, 3.8) is 0 Å². The highest BCUT2D eigenvalue weighted by molar-refractivity contribution is 9.09. The third-order valence-corrected chi connectivity index (χ3v) is 4.07. The number of esters is 1. The summed E-state index contributed by atoms with van der Waals surface area (Å²) in [6.07, 6.45) is 1.63. The van der Waals surface area contributed by atoms with Crippen LogP contribution in [0.2, 0.25) is 5.02 Å². The fraction of sp³-hybridized carbons (Fsp3) is 0.176. The second-order valence-corrected chi connectivity index (χ2v) is 6.16. The van der Waals surface area contributed by atoms with Crippen LogP contribution in [-0.2, 0) is 4.74 Å². The maximum Gasteiger partial charge on any atom is 0.356 e. The summed E-state index contributed by atoms with van der Waals surface area (Å²) < 4.78 is 12.1. The van der Waals surface area contributed by atoms with Gasteiger partial charge in [0.1, 0.15) is 5.75 Å². The van der Waals surface area contributed by atoms with Crippen molar-refractivity contribution in [2.75, 3.05) is 19.0 Å². The Balaban J connectivity index is 2.18. The predicted octanol–water partition coefficient (Wildman–Crippen LogP) is 4.22. The van der Waals surface area contributed by atoms with Crippen molar-refractivity contribution in [3.8, 4) is 16.9 Å². The van der Waals surface area contributed by atoms with Gasteiger partial charge in [0.15, 0.2) is 5.69 Å². The minimum atomic E-state index is -0.443. The summed E-state index contributed by atoms with van der Waals surface area (Å²) in [6.45, 7) is 0.532. The number of ether oxygens (including phenoxy) is 2. The third kappa shape index (κ3) is 3.12. The number of carbonyl (C=O) groups is 1. The highest BCUT2D eigenvalue weighted by Crippen LogP contribution is 2.35. The van der Waals surface area contributed by atoms with E-state index in [1.165, 1.54) is 7.11 Å². The van der Waals surface area contributed by atoms with Crippen molar-refractivity contribution in [3.05, 3.63) is 53.3 Å². The Morgan fingerprint density at radius 1 is 1.25 bits per heavy atom. The van der Waals surface area contributed by atoms with Gasteiger partial charge in [0.2, 0.25) is 0 Å². The molecule has 0 unspecified atom stereocenters. The molecule has 0 aliphatic rings. The quantitative estimate of drug-likeness (QED) is 0.468. The van der Waals surface area contributed by atoms with E-state index in [9.17, 15) is 4.79 Å². The number of carbonyl (C=O) groups excluding carboxylic acids is 1. The fourth-order valence-electron chi connectivity index (χ4n) is 2.49. The molecule has 2 aromatic heterocycles. The van der Waals surface area contributed by atoms with Gasteiger partial charge >= 0.3 is 5.97 Å². The predicted molar refractivity (Wildman–Crippen MR) is 96.3 cm³/mol. The largest absolute Gasteiger partial charge is 0.492 e. The molecule has 0 amide bonds. The molecule has 3 aromatic rings. The van der Waals surface area contributed by atoms with Gasteiger partial charge in [-0.05, 0) is 36.4 Å². The van der Waals surface area contributed by atoms with E-state index in [1.807, 2.05) is 24.3 Å². The molecule has 1 aromatic carbocycles. The lowest BCUT2D eigenvalue weighted by atomic mass is 10.1. The smallest absolute Gasteiger partial charge is 0.356 e. The lowest BCUT2D eigenvalue weighted by Crippen LogP contribution is -2.07. The number of alkyl halides is 1. The van der Waals surface area contributed by atoms with Gasteiger partial charge in [0, 0.05) is 27.7 Å². The first-order valence-electron chi connectivity index (χ1n) is 7.19. The lowest BCUT2D eigenvalue weighted by Gasteiger charge is -2.12. The molecular formula is C17H14BrClN2O3. The summed E-state index contributed by atoms with van der Waals surface area (Å²) in [6, 6.07) is 10.8. The summed E-state index contributed by atoms with van der Waals surface area (Å²) in [7, 11) is 1.34. The Labute approximate surface area is 152 Å². The van der Waals surface area contributed by atoms with Crippen LogP contribution in [-0.4, -0.2) is 34.6 Å². The van der Waals surface area contributed by atoms with Crippen LogP contribution in [0.3, 0.4) is 0 Å². The zero-order valence-electron chi connectivity index (χ0n) is 12.8. The van der Waals surface area contributed by atoms with E-state index in [0.717, 1.165) is 22.0 Å². The average Bonchev–Trinajstić information content (AvgIpc) is 3.04. The number of methoxy groups -OCH3 is 1. The van der Waals surface area contributed by atoms with Gasteiger partial charge in [-0.15, -0.1) is 0 Å². The second kappa shape index (κ2) is 7.23. The zero-order chi connectivity index (χ0) is 17.1. The molecule has 0 saturated heterocycles. The zero-order valence-corrected chi connectivity index (χ0v) is 15.2. The molecule has 7 heteroatoms. The van der Waals surface area contributed by atoms with Crippen LogP contribution in [0.1, 0.15) is 10.5 Å². The Kier molecular flexibility index (Phi) is 5.06. The first-order chi connectivity index (χ1) is 11.7. The maximum absolute atomic E-state index is 11.9. The highest BCUT2D eigenvalue weighted by Gasteiger charge is 2.17. The van der Waals surface area contributed by atoms with Gasteiger partial charge in [-0.3, -0.25) is 0 Å². The molecule has 124 valence electrons. The molecule has 0 atom stereocenters. The van der Waals surface area contributed by atoms with Crippen LogP contribution >= 0.6 is 27.5 Å². The van der Waals surface area contributed by atoms with E-state index in [0.29, 0.717) is 23.1 Å². The van der Waals surface area contributed by atoms with Crippen molar-refractivity contribution in [2.24, 2.45) is 0 Å². The van der Waals surface area contributed by atoms with E-state index in [2.05, 4.69) is 21.0 Å². The molecule has 24 heavy (non-hydrogen) atoms. The molecule has 0 fully saturated rings. The Hall–Kier alpha value is -2.05. The average molecular weight is 410 g/mol. The molecule has 0 aliphatic heterocycles. The Morgan fingerprint density at radius 2 is 2.08 bits per heavy atom. The van der Waals surface area contributed by atoms with Crippen molar-refractivity contribution in [2.45, 2.75) is 0 Å². The lowest BCUT2D eigenvalue weighted by molar-refractivity contribution is 0.0591. The molecule has 2 heterocycles. The number of benzene rings is 1. The number of nitrogens with zero attached hydrogens (tertiary/aromatic N) is 2. The number of hydrogen-bond acceptors (Lipinski definition) is 4. The second-order valence-electron chi connectivity index (χ2n) is 4.93. The molecule has 0 saturated carbocycles. The monoisotopic (exact) mass is 408 g/mol. The van der Waals surface area contributed by atoms with Crippen molar-refractivity contribution >= 4 is 39.0 Å². The van der Waals surface area contributed by atoms with Gasteiger partial charge in [0.05, 0.1) is 19.2 Å². The number of rotatable bonds is 5. The first kappa shape index (κ1) is 16.8. The van der Waals surface area contributed by atoms with Crippen molar-refractivity contribution in [1.29, 1.82) is 0 Å². The number of hydrogen-bond donors (Lipinski definition) is 0. The van der Waals surface area contributed by atoms with E-state index in [4.69, 9.17) is 21.1 Å². The molecule has 0 radical (unpaired) electrons. The normalized spacial score (nSPS) is 10.8. The molecule has 5 nitrogen and oxygen atoms in total. The standard InChI is InChI=1S/C17H14BrClN2O3/c1-23-17(22)15-4-3-14-12(6-8-20-21(14)15)13-10-11(19)2-5-16(13)24-9-7-18/h2-6,8,10H,7,9H2,1H3. The highest BCUT2D eigenvalue weighted by atomic mass is 79.9. The van der Waals surface area contributed by atoms with Gasteiger partial charge < -0.3 is 9.47 Å². The maximum atomic E-state index is 11.9. The number of fused-ring (bicyclic) bond motifs is 1. The summed E-state index contributed by atoms with van der Waals surface area (Å²) in [5, 5.41) is 5.57. The van der Waals surface area contributed by atoms with Gasteiger partial charge in [-0.2, -0.15) is 5.10 Å². The van der Waals surface area contributed by atoms with Gasteiger partial charge in [-0.1, -0.05) is 27.5 Å². The molecular weight excluding hydrogens is 396 g/mol. The van der Waals surface area contributed by atoms with Crippen LogP contribution in [0.5, 0.6) is 5.75 Å². The van der Waals surface area contributed by atoms with Crippen molar-refractivity contribution < 1.29 is 14.3 Å². The summed E-state index contributed by atoms with van der Waals surface area (Å²) in [4.78, 5) is 11.9. The SMILES string of the molecule is COC(=O)c1ccc2c(-c3cc(Cl)ccc3OCCBr)ccnn12. The van der Waals surface area contributed by atoms with Crippen molar-refractivity contribution in [1.82, 2.24) is 9.61 Å². The van der Waals surface area contributed by atoms with Crippen LogP contribution in [0.4, 0.5) is 0 Å².